The minimum atomic E-state index is -1.57. The summed E-state index contributed by atoms with van der Waals surface area (Å²) in [6.45, 7) is 1.34. The number of aliphatic hydroxyl groups excluding tert-OH is 1. The molecule has 0 fully saturated rings. The minimum absolute atomic E-state index is 0.0322. The Morgan fingerprint density at radius 2 is 1.61 bits per heavy atom. The van der Waals surface area contributed by atoms with Crippen LogP contribution in [-0.4, -0.2) is 87.1 Å². The number of carbonyl (C=O) groups is 5. The third-order valence-electron chi connectivity index (χ3n) is 5.82. The lowest BCUT2D eigenvalue weighted by atomic mass is 10.0. The third kappa shape index (κ3) is 8.75. The van der Waals surface area contributed by atoms with Crippen LogP contribution in [0.4, 0.5) is 0 Å². The lowest BCUT2D eigenvalue weighted by Crippen LogP contribution is -2.58. The number of hydrogen-bond acceptors (Lipinski definition) is 8. The number of rotatable bonds is 15. The molecule has 2 aromatic rings. The molecule has 208 valence electrons. The van der Waals surface area contributed by atoms with Gasteiger partial charge in [0.1, 0.15) is 24.2 Å². The Kier molecular flexibility index (Phi) is 11.6. The smallest absolute Gasteiger partial charge is 0.326 e. The van der Waals surface area contributed by atoms with Crippen LogP contribution in [0.15, 0.2) is 30.5 Å². The number of nitrogens with one attached hydrogen (secondary N) is 4. The fourth-order valence-corrected chi connectivity index (χ4v) is 4.14. The SMILES string of the molecule is CSCCC(NC(=O)C(Cc1c[nH]c2ccccc12)NC(=O)C(N)C(C)O)C(=O)NC(CC(N)=O)C(=O)O. The zero-order chi connectivity index (χ0) is 28.4. The molecule has 13 nitrogen and oxygen atoms in total. The number of nitrogens with two attached hydrogens (primary N) is 2. The lowest BCUT2D eigenvalue weighted by molar-refractivity contribution is -0.143. The van der Waals surface area contributed by atoms with Gasteiger partial charge in [-0.25, -0.2) is 4.79 Å². The summed E-state index contributed by atoms with van der Waals surface area (Å²) in [6.07, 6.45) is 1.87. The number of hydrogen-bond donors (Lipinski definition) is 8. The molecule has 1 aromatic carbocycles. The van der Waals surface area contributed by atoms with E-state index in [2.05, 4.69) is 20.9 Å². The highest BCUT2D eigenvalue weighted by molar-refractivity contribution is 7.98. The molecule has 38 heavy (non-hydrogen) atoms. The van der Waals surface area contributed by atoms with Gasteiger partial charge in [0.25, 0.3) is 0 Å². The summed E-state index contributed by atoms with van der Waals surface area (Å²) in [4.78, 5) is 64.7. The number of thioether (sulfide) groups is 1. The number of para-hydroxylation sites is 1. The number of carboxylic acid groups (broad SMARTS) is 1. The van der Waals surface area contributed by atoms with Crippen LogP contribution >= 0.6 is 11.8 Å². The van der Waals surface area contributed by atoms with Crippen LogP contribution in [0.2, 0.25) is 0 Å². The molecule has 5 unspecified atom stereocenters. The van der Waals surface area contributed by atoms with Gasteiger partial charge in [-0.1, -0.05) is 18.2 Å². The first-order chi connectivity index (χ1) is 17.9. The second-order valence-electron chi connectivity index (χ2n) is 8.80. The molecule has 14 heteroatoms. The number of benzene rings is 1. The molecule has 0 bridgehead atoms. The Morgan fingerprint density at radius 3 is 2.21 bits per heavy atom. The highest BCUT2D eigenvalue weighted by Gasteiger charge is 2.31. The zero-order valence-electron chi connectivity index (χ0n) is 21.1. The topological polar surface area (TPSA) is 230 Å². The van der Waals surface area contributed by atoms with Crippen molar-refractivity contribution in [1.82, 2.24) is 20.9 Å². The second-order valence-corrected chi connectivity index (χ2v) is 9.79. The molecule has 4 amide bonds. The van der Waals surface area contributed by atoms with Gasteiger partial charge >= 0.3 is 5.97 Å². The van der Waals surface area contributed by atoms with Crippen molar-refractivity contribution in [3.8, 4) is 0 Å². The Morgan fingerprint density at radius 1 is 1.00 bits per heavy atom. The monoisotopic (exact) mass is 550 g/mol. The van der Waals surface area contributed by atoms with Crippen molar-refractivity contribution in [2.75, 3.05) is 12.0 Å². The van der Waals surface area contributed by atoms with E-state index in [0.29, 0.717) is 11.3 Å². The number of fused-ring (bicyclic) bond motifs is 1. The molecule has 0 saturated carbocycles. The van der Waals surface area contributed by atoms with Crippen LogP contribution in [0.5, 0.6) is 0 Å². The second kappa shape index (κ2) is 14.4. The molecule has 0 spiro atoms. The Balaban J connectivity index is 2.29. The van der Waals surface area contributed by atoms with Gasteiger partial charge in [-0.15, -0.1) is 0 Å². The maximum Gasteiger partial charge on any atom is 0.326 e. The summed E-state index contributed by atoms with van der Waals surface area (Å²) in [6, 6.07) is 2.14. The van der Waals surface area contributed by atoms with Crippen molar-refractivity contribution in [2.45, 2.75) is 56.5 Å². The third-order valence-corrected chi connectivity index (χ3v) is 6.46. The van der Waals surface area contributed by atoms with Gasteiger partial charge < -0.3 is 42.6 Å². The van der Waals surface area contributed by atoms with Crippen molar-refractivity contribution >= 4 is 52.3 Å². The first kappa shape index (κ1) is 30.6. The standard InChI is InChI=1S/C24H34N6O7S/c1-12(31)20(26)23(35)29-17(9-13-11-27-15-6-4-3-5-14(13)15)22(34)28-16(7-8-38-2)21(33)30-18(24(36)37)10-19(25)32/h3-6,11-12,16-18,20,27,31H,7-10,26H2,1-2H3,(H2,25,32)(H,28,34)(H,29,35)(H,30,33)(H,36,37). The average Bonchev–Trinajstić information content (AvgIpc) is 3.27. The van der Waals surface area contributed by atoms with Gasteiger partial charge in [0.2, 0.25) is 23.6 Å². The Labute approximate surface area is 223 Å². The summed E-state index contributed by atoms with van der Waals surface area (Å²) in [5.41, 5.74) is 12.4. The van der Waals surface area contributed by atoms with E-state index in [1.54, 1.807) is 12.5 Å². The molecule has 2 rings (SSSR count). The fraction of sp³-hybridized carbons (Fsp3) is 0.458. The van der Waals surface area contributed by atoms with Crippen LogP contribution in [0, 0.1) is 0 Å². The van der Waals surface area contributed by atoms with Crippen LogP contribution in [0.25, 0.3) is 10.9 Å². The van der Waals surface area contributed by atoms with E-state index < -0.39 is 66.3 Å². The number of carboxylic acids is 1. The van der Waals surface area contributed by atoms with Gasteiger partial charge in [0.15, 0.2) is 0 Å². The van der Waals surface area contributed by atoms with Gasteiger partial charge in [-0.05, 0) is 37.0 Å². The van der Waals surface area contributed by atoms with E-state index in [0.717, 1.165) is 10.9 Å². The molecule has 1 aromatic heterocycles. The number of aliphatic hydroxyl groups is 1. The van der Waals surface area contributed by atoms with Gasteiger partial charge in [-0.2, -0.15) is 11.8 Å². The molecular weight excluding hydrogens is 516 g/mol. The summed E-state index contributed by atoms with van der Waals surface area (Å²) >= 11 is 1.40. The molecule has 5 atom stereocenters. The lowest BCUT2D eigenvalue weighted by Gasteiger charge is -2.25. The average molecular weight is 551 g/mol. The number of primary amides is 1. The van der Waals surface area contributed by atoms with Crippen molar-refractivity contribution in [3.05, 3.63) is 36.0 Å². The predicted octanol–water partition coefficient (Wildman–Crippen LogP) is -1.41. The Hall–Kier alpha value is -3.62. The molecule has 0 aliphatic rings. The number of aromatic nitrogens is 1. The largest absolute Gasteiger partial charge is 0.480 e. The Bertz CT molecular complexity index is 1150. The highest BCUT2D eigenvalue weighted by atomic mass is 32.2. The van der Waals surface area contributed by atoms with Crippen LogP contribution < -0.4 is 27.4 Å². The number of aliphatic carboxylic acids is 1. The quantitative estimate of drug-likeness (QED) is 0.130. The van der Waals surface area contributed by atoms with E-state index in [4.69, 9.17) is 11.5 Å². The number of carbonyl (C=O) groups excluding carboxylic acids is 4. The fourth-order valence-electron chi connectivity index (χ4n) is 3.67. The van der Waals surface area contributed by atoms with Gasteiger partial charge in [0.05, 0.1) is 12.5 Å². The van der Waals surface area contributed by atoms with E-state index in [1.165, 1.54) is 18.7 Å². The summed E-state index contributed by atoms with van der Waals surface area (Å²) in [5.74, 6) is -4.24. The molecule has 0 aliphatic heterocycles. The molecule has 1 heterocycles. The maximum atomic E-state index is 13.4. The van der Waals surface area contributed by atoms with Crippen LogP contribution in [-0.2, 0) is 30.4 Å². The molecule has 0 radical (unpaired) electrons. The van der Waals surface area contributed by atoms with E-state index in [1.807, 2.05) is 24.3 Å². The molecule has 10 N–H and O–H groups in total. The summed E-state index contributed by atoms with van der Waals surface area (Å²) in [5, 5.41) is 27.2. The summed E-state index contributed by atoms with van der Waals surface area (Å²) in [7, 11) is 0. The van der Waals surface area contributed by atoms with E-state index in [9.17, 15) is 34.2 Å². The van der Waals surface area contributed by atoms with E-state index in [-0.39, 0.29) is 12.8 Å². The van der Waals surface area contributed by atoms with E-state index >= 15 is 0 Å². The van der Waals surface area contributed by atoms with Gasteiger partial charge in [0, 0.05) is 23.5 Å². The van der Waals surface area contributed by atoms with Crippen LogP contribution in [0.1, 0.15) is 25.3 Å². The van der Waals surface area contributed by atoms with Crippen molar-refractivity contribution in [3.63, 3.8) is 0 Å². The number of aromatic amines is 1. The van der Waals surface area contributed by atoms with Gasteiger partial charge in [-0.3, -0.25) is 19.2 Å². The van der Waals surface area contributed by atoms with Crippen molar-refractivity contribution in [1.29, 1.82) is 0 Å². The maximum absolute atomic E-state index is 13.4. The minimum Gasteiger partial charge on any atom is -0.480 e. The first-order valence-electron chi connectivity index (χ1n) is 11.8. The van der Waals surface area contributed by atoms with Crippen molar-refractivity contribution in [2.24, 2.45) is 11.5 Å². The molecule has 0 saturated heterocycles. The number of amides is 4. The molecule has 0 aliphatic carbocycles. The molecular formula is C24H34N6O7S. The van der Waals surface area contributed by atoms with Crippen LogP contribution in [0.3, 0.4) is 0 Å². The van der Waals surface area contributed by atoms with Crippen molar-refractivity contribution < 1.29 is 34.2 Å². The highest BCUT2D eigenvalue weighted by Crippen LogP contribution is 2.19. The predicted molar refractivity (Wildman–Crippen MR) is 142 cm³/mol. The summed E-state index contributed by atoms with van der Waals surface area (Å²) < 4.78 is 0. The zero-order valence-corrected chi connectivity index (χ0v) is 21.9. The number of H-pyrrole nitrogens is 1. The first-order valence-corrected chi connectivity index (χ1v) is 13.2. The normalized spacial score (nSPS) is 15.1.